The molecule has 4 heteroatoms. The molecule has 0 saturated carbocycles. The first-order chi connectivity index (χ1) is 11.8. The number of fused-ring (bicyclic) bond motifs is 1. The Morgan fingerprint density at radius 1 is 1.00 bits per heavy atom. The zero-order chi connectivity index (χ0) is 16.4. The summed E-state index contributed by atoms with van der Waals surface area (Å²) >= 11 is 0. The number of aromatic nitrogens is 1. The Morgan fingerprint density at radius 3 is 2.67 bits per heavy atom. The maximum absolute atomic E-state index is 12.6. The van der Waals surface area contributed by atoms with E-state index in [1.165, 1.54) is 0 Å². The van der Waals surface area contributed by atoms with Gasteiger partial charge in [0.1, 0.15) is 11.4 Å². The number of carbonyl (C=O) groups excluding carboxylic acids is 1. The largest absolute Gasteiger partial charge is 0.493 e. The van der Waals surface area contributed by atoms with Gasteiger partial charge in [0.25, 0.3) is 5.91 Å². The molecule has 0 aliphatic carbocycles. The number of aromatic amines is 1. The molecule has 2 N–H and O–H groups in total. The summed E-state index contributed by atoms with van der Waals surface area (Å²) in [6.45, 7) is 0.613. The van der Waals surface area contributed by atoms with Crippen molar-refractivity contribution in [2.24, 2.45) is 0 Å². The summed E-state index contributed by atoms with van der Waals surface area (Å²) in [6.07, 6.45) is 0.773. The molecule has 3 aromatic rings. The van der Waals surface area contributed by atoms with E-state index in [2.05, 4.69) is 10.3 Å². The van der Waals surface area contributed by atoms with Gasteiger partial charge < -0.3 is 15.0 Å². The number of H-pyrrole nitrogens is 1. The molecule has 120 valence electrons. The third kappa shape index (κ3) is 2.78. The predicted octanol–water partition coefficient (Wildman–Crippen LogP) is 3.94. The minimum atomic E-state index is -0.0983. The number of para-hydroxylation sites is 1. The molecular weight excluding hydrogens is 300 g/mol. The highest BCUT2D eigenvalue weighted by Crippen LogP contribution is 2.31. The molecule has 2 heterocycles. The van der Waals surface area contributed by atoms with Gasteiger partial charge in [0, 0.05) is 17.7 Å². The van der Waals surface area contributed by atoms with E-state index in [1.54, 1.807) is 0 Å². The van der Waals surface area contributed by atoms with Crippen LogP contribution in [-0.4, -0.2) is 17.5 Å². The second-order valence-corrected chi connectivity index (χ2v) is 5.85. The summed E-state index contributed by atoms with van der Waals surface area (Å²) in [5.41, 5.74) is 3.60. The van der Waals surface area contributed by atoms with Crippen molar-refractivity contribution in [3.63, 3.8) is 0 Å². The molecular formula is C20H18N2O2. The van der Waals surface area contributed by atoms with Gasteiger partial charge in [-0.2, -0.15) is 0 Å². The van der Waals surface area contributed by atoms with Crippen LogP contribution in [0.25, 0.3) is 11.3 Å². The van der Waals surface area contributed by atoms with Crippen LogP contribution in [0.4, 0.5) is 0 Å². The smallest absolute Gasteiger partial charge is 0.268 e. The van der Waals surface area contributed by atoms with Crippen LogP contribution in [-0.2, 0) is 0 Å². The third-order valence-corrected chi connectivity index (χ3v) is 4.28. The summed E-state index contributed by atoms with van der Waals surface area (Å²) in [5.74, 6) is 0.754. The van der Waals surface area contributed by atoms with E-state index in [0.29, 0.717) is 12.3 Å². The molecule has 2 aromatic carbocycles. The quantitative estimate of drug-likeness (QED) is 0.768. The second-order valence-electron chi connectivity index (χ2n) is 5.85. The molecule has 24 heavy (non-hydrogen) atoms. The first kappa shape index (κ1) is 14.6. The minimum absolute atomic E-state index is 0.0223. The molecule has 1 aromatic heterocycles. The number of hydrogen-bond donors (Lipinski definition) is 2. The van der Waals surface area contributed by atoms with Gasteiger partial charge in [-0.15, -0.1) is 0 Å². The molecule has 1 amide bonds. The zero-order valence-corrected chi connectivity index (χ0v) is 13.2. The van der Waals surface area contributed by atoms with E-state index in [4.69, 9.17) is 4.74 Å². The molecule has 4 nitrogen and oxygen atoms in total. The Morgan fingerprint density at radius 2 is 1.79 bits per heavy atom. The van der Waals surface area contributed by atoms with Crippen LogP contribution in [0, 0.1) is 0 Å². The summed E-state index contributed by atoms with van der Waals surface area (Å²) in [6, 6.07) is 21.6. The van der Waals surface area contributed by atoms with Crippen LogP contribution in [0.1, 0.15) is 28.5 Å². The fourth-order valence-corrected chi connectivity index (χ4v) is 3.04. The molecule has 1 atom stereocenters. The summed E-state index contributed by atoms with van der Waals surface area (Å²) in [7, 11) is 0. The van der Waals surface area contributed by atoms with Crippen LogP contribution >= 0.6 is 0 Å². The van der Waals surface area contributed by atoms with Gasteiger partial charge in [-0.3, -0.25) is 4.79 Å². The van der Waals surface area contributed by atoms with Crippen molar-refractivity contribution >= 4 is 5.91 Å². The summed E-state index contributed by atoms with van der Waals surface area (Å²) in [4.78, 5) is 15.8. The number of hydrogen-bond acceptors (Lipinski definition) is 2. The minimum Gasteiger partial charge on any atom is -0.493 e. The summed E-state index contributed by atoms with van der Waals surface area (Å²) < 4.78 is 5.64. The molecule has 0 radical (unpaired) electrons. The van der Waals surface area contributed by atoms with E-state index in [0.717, 1.165) is 29.0 Å². The average Bonchev–Trinajstić information content (AvgIpc) is 3.13. The van der Waals surface area contributed by atoms with Crippen LogP contribution in [0.5, 0.6) is 5.75 Å². The van der Waals surface area contributed by atoms with Crippen LogP contribution in [0.3, 0.4) is 0 Å². The van der Waals surface area contributed by atoms with E-state index < -0.39 is 0 Å². The van der Waals surface area contributed by atoms with E-state index in [9.17, 15) is 4.79 Å². The number of rotatable bonds is 3. The molecule has 0 fully saturated rings. The molecule has 1 aliphatic rings. The maximum Gasteiger partial charge on any atom is 0.268 e. The summed E-state index contributed by atoms with van der Waals surface area (Å²) in [5, 5.41) is 3.11. The number of benzene rings is 2. The van der Waals surface area contributed by atoms with Crippen molar-refractivity contribution in [1.29, 1.82) is 0 Å². The Balaban J connectivity index is 1.53. The lowest BCUT2D eigenvalue weighted by Crippen LogP contribution is -2.32. The van der Waals surface area contributed by atoms with Gasteiger partial charge in [0.05, 0.1) is 12.6 Å². The Hall–Kier alpha value is -3.01. The lowest BCUT2D eigenvalue weighted by Gasteiger charge is -2.26. The lowest BCUT2D eigenvalue weighted by molar-refractivity contribution is 0.0920. The molecule has 4 rings (SSSR count). The van der Waals surface area contributed by atoms with E-state index in [1.807, 2.05) is 66.7 Å². The molecule has 0 spiro atoms. The normalized spacial score (nSPS) is 16.1. The third-order valence-electron chi connectivity index (χ3n) is 4.28. The van der Waals surface area contributed by atoms with Gasteiger partial charge >= 0.3 is 0 Å². The van der Waals surface area contributed by atoms with Crippen molar-refractivity contribution in [3.8, 4) is 17.0 Å². The number of ether oxygens (including phenoxy) is 1. The average molecular weight is 318 g/mol. The maximum atomic E-state index is 12.6. The van der Waals surface area contributed by atoms with Gasteiger partial charge in [-0.05, 0) is 23.8 Å². The number of nitrogens with one attached hydrogen (secondary N) is 2. The standard InChI is InChI=1S/C20H18N2O2/c23-20(18-11-10-16(21-18)14-6-2-1-3-7-14)22-17-12-13-24-19-9-5-4-8-15(17)19/h1-11,17,21H,12-13H2,(H,22,23)/t17-/m0/s1. The number of amides is 1. The Bertz CT molecular complexity index is 855. The van der Waals surface area contributed by atoms with E-state index in [-0.39, 0.29) is 11.9 Å². The lowest BCUT2D eigenvalue weighted by atomic mass is 10.0. The Kier molecular flexibility index (Phi) is 3.79. The molecule has 0 saturated heterocycles. The SMILES string of the molecule is O=C(N[C@H]1CCOc2ccccc21)c1ccc(-c2ccccc2)[nH]1. The van der Waals surface area contributed by atoms with Gasteiger partial charge in [-0.1, -0.05) is 48.5 Å². The first-order valence-corrected chi connectivity index (χ1v) is 8.08. The van der Waals surface area contributed by atoms with Crippen molar-refractivity contribution in [2.45, 2.75) is 12.5 Å². The van der Waals surface area contributed by atoms with Crippen molar-refractivity contribution in [3.05, 3.63) is 78.0 Å². The van der Waals surface area contributed by atoms with Crippen LogP contribution in [0.15, 0.2) is 66.7 Å². The van der Waals surface area contributed by atoms with E-state index >= 15 is 0 Å². The topological polar surface area (TPSA) is 54.1 Å². The Labute approximate surface area is 140 Å². The predicted molar refractivity (Wildman–Crippen MR) is 93.0 cm³/mol. The van der Waals surface area contributed by atoms with Crippen LogP contribution in [0.2, 0.25) is 0 Å². The number of carbonyl (C=O) groups is 1. The van der Waals surface area contributed by atoms with Crippen molar-refractivity contribution < 1.29 is 9.53 Å². The van der Waals surface area contributed by atoms with Gasteiger partial charge in [0.15, 0.2) is 0 Å². The van der Waals surface area contributed by atoms with Crippen molar-refractivity contribution in [1.82, 2.24) is 10.3 Å². The molecule has 0 unspecified atom stereocenters. The highest BCUT2D eigenvalue weighted by Gasteiger charge is 2.23. The first-order valence-electron chi connectivity index (χ1n) is 8.08. The second kappa shape index (κ2) is 6.24. The monoisotopic (exact) mass is 318 g/mol. The highest BCUT2D eigenvalue weighted by molar-refractivity contribution is 5.93. The fourth-order valence-electron chi connectivity index (χ4n) is 3.04. The van der Waals surface area contributed by atoms with Crippen LogP contribution < -0.4 is 10.1 Å². The van der Waals surface area contributed by atoms with Gasteiger partial charge in [-0.25, -0.2) is 0 Å². The highest BCUT2D eigenvalue weighted by atomic mass is 16.5. The fraction of sp³-hybridized carbons (Fsp3) is 0.150. The molecule has 1 aliphatic heterocycles. The molecule has 0 bridgehead atoms. The van der Waals surface area contributed by atoms with Gasteiger partial charge in [0.2, 0.25) is 0 Å². The zero-order valence-electron chi connectivity index (χ0n) is 13.2. The van der Waals surface area contributed by atoms with Crippen molar-refractivity contribution in [2.75, 3.05) is 6.61 Å².